The van der Waals surface area contributed by atoms with E-state index >= 15 is 0 Å². The minimum atomic E-state index is -0.757. The Balaban J connectivity index is 1.90. The maximum absolute atomic E-state index is 13.4. The molecule has 0 spiro atoms. The number of hydrogen-bond donors (Lipinski definition) is 1. The number of nitrogens with zero attached hydrogens (tertiary/aromatic N) is 1. The number of ketones is 1. The van der Waals surface area contributed by atoms with Crippen LogP contribution < -0.4 is 9.64 Å². The van der Waals surface area contributed by atoms with Crippen molar-refractivity contribution in [1.29, 1.82) is 0 Å². The van der Waals surface area contributed by atoms with E-state index in [1.807, 2.05) is 48.5 Å². The third-order valence-corrected chi connectivity index (χ3v) is 6.54. The molecule has 0 aliphatic carbocycles. The molecule has 5 nitrogen and oxygen atoms in total. The Kier molecular flexibility index (Phi) is 6.79. The summed E-state index contributed by atoms with van der Waals surface area (Å²) in [7, 11) is 1.54. The lowest BCUT2D eigenvalue weighted by Crippen LogP contribution is -2.29. The SMILES string of the molecule is COc1cccc(/C(O)=C2/C(=O)C(=O)N(c3ccc(C(C)C)cc3)C2c2ccc(C(C)C)cc2)c1. The maximum Gasteiger partial charge on any atom is 0.300 e. The van der Waals surface area contributed by atoms with Gasteiger partial charge in [0.15, 0.2) is 0 Å². The first-order chi connectivity index (χ1) is 16.7. The van der Waals surface area contributed by atoms with Crippen LogP contribution in [0.2, 0.25) is 0 Å². The number of ether oxygens (including phenoxy) is 1. The first-order valence-electron chi connectivity index (χ1n) is 11.9. The van der Waals surface area contributed by atoms with Crippen LogP contribution in [-0.4, -0.2) is 23.9 Å². The van der Waals surface area contributed by atoms with Crippen LogP contribution in [0.1, 0.15) is 67.8 Å². The smallest absolute Gasteiger partial charge is 0.300 e. The number of carbonyl (C=O) groups excluding carboxylic acids is 2. The van der Waals surface area contributed by atoms with Gasteiger partial charge in [0.25, 0.3) is 11.7 Å². The average molecular weight is 470 g/mol. The molecule has 1 unspecified atom stereocenters. The molecule has 1 amide bonds. The summed E-state index contributed by atoms with van der Waals surface area (Å²) >= 11 is 0. The molecule has 3 aromatic rings. The zero-order valence-electron chi connectivity index (χ0n) is 20.8. The Bertz CT molecular complexity index is 1270. The number of methoxy groups -OCH3 is 1. The number of Topliss-reactive ketones (excluding diaryl/α,β-unsaturated/α-hetero) is 1. The number of aliphatic hydroxyl groups excluding tert-OH is 1. The molecule has 1 fully saturated rings. The zero-order valence-corrected chi connectivity index (χ0v) is 20.8. The van der Waals surface area contributed by atoms with E-state index in [9.17, 15) is 14.7 Å². The number of hydrogen-bond acceptors (Lipinski definition) is 4. The molecule has 35 heavy (non-hydrogen) atoms. The van der Waals surface area contributed by atoms with Crippen molar-refractivity contribution in [3.8, 4) is 5.75 Å². The lowest BCUT2D eigenvalue weighted by atomic mass is 9.93. The molecular weight excluding hydrogens is 438 g/mol. The predicted octanol–water partition coefficient (Wildman–Crippen LogP) is 6.57. The van der Waals surface area contributed by atoms with Crippen LogP contribution in [0.15, 0.2) is 78.4 Å². The Morgan fingerprint density at radius 3 is 1.97 bits per heavy atom. The molecule has 180 valence electrons. The molecule has 3 aromatic carbocycles. The molecule has 5 heteroatoms. The first kappa shape index (κ1) is 24.3. The average Bonchev–Trinajstić information content (AvgIpc) is 3.13. The van der Waals surface area contributed by atoms with E-state index in [-0.39, 0.29) is 11.3 Å². The normalized spacial score (nSPS) is 17.5. The summed E-state index contributed by atoms with van der Waals surface area (Å²) in [6, 6.07) is 21.6. The van der Waals surface area contributed by atoms with Crippen LogP contribution in [0, 0.1) is 0 Å². The van der Waals surface area contributed by atoms with Crippen LogP contribution in [-0.2, 0) is 9.59 Å². The molecule has 1 aliphatic heterocycles. The van der Waals surface area contributed by atoms with Gasteiger partial charge in [0, 0.05) is 11.3 Å². The van der Waals surface area contributed by atoms with E-state index in [1.165, 1.54) is 12.0 Å². The quantitative estimate of drug-likeness (QED) is 0.252. The minimum Gasteiger partial charge on any atom is -0.507 e. The summed E-state index contributed by atoms with van der Waals surface area (Å²) in [5.41, 5.74) is 4.14. The van der Waals surface area contributed by atoms with Crippen molar-refractivity contribution < 1.29 is 19.4 Å². The van der Waals surface area contributed by atoms with Crippen LogP contribution in [0.4, 0.5) is 5.69 Å². The molecule has 0 saturated carbocycles. The Morgan fingerprint density at radius 1 is 0.857 bits per heavy atom. The number of aliphatic hydroxyl groups is 1. The van der Waals surface area contributed by atoms with Gasteiger partial charge in [0.05, 0.1) is 18.7 Å². The second-order valence-electron chi connectivity index (χ2n) is 9.47. The fourth-order valence-electron chi connectivity index (χ4n) is 4.42. The number of anilines is 1. The van der Waals surface area contributed by atoms with Gasteiger partial charge in [-0.15, -0.1) is 0 Å². The molecular formula is C30H31NO4. The predicted molar refractivity (Wildman–Crippen MR) is 139 cm³/mol. The summed E-state index contributed by atoms with van der Waals surface area (Å²) in [5, 5.41) is 11.3. The highest BCUT2D eigenvalue weighted by molar-refractivity contribution is 6.51. The van der Waals surface area contributed by atoms with Crippen molar-refractivity contribution in [1.82, 2.24) is 0 Å². The van der Waals surface area contributed by atoms with Gasteiger partial charge in [0.2, 0.25) is 0 Å². The van der Waals surface area contributed by atoms with E-state index in [0.29, 0.717) is 28.8 Å². The van der Waals surface area contributed by atoms with E-state index in [2.05, 4.69) is 27.7 Å². The van der Waals surface area contributed by atoms with E-state index in [0.717, 1.165) is 16.7 Å². The molecule has 1 heterocycles. The molecule has 0 aromatic heterocycles. The monoisotopic (exact) mass is 469 g/mol. The van der Waals surface area contributed by atoms with Crippen molar-refractivity contribution >= 4 is 23.1 Å². The molecule has 1 aliphatic rings. The number of benzene rings is 3. The molecule has 1 saturated heterocycles. The van der Waals surface area contributed by atoms with Gasteiger partial charge in [-0.05, 0) is 52.8 Å². The Morgan fingerprint density at radius 2 is 1.43 bits per heavy atom. The highest BCUT2D eigenvalue weighted by Gasteiger charge is 2.47. The van der Waals surface area contributed by atoms with E-state index in [1.54, 1.807) is 24.3 Å². The third-order valence-electron chi connectivity index (χ3n) is 6.54. The first-order valence-corrected chi connectivity index (χ1v) is 11.9. The molecule has 1 atom stereocenters. The Hall–Kier alpha value is -3.86. The zero-order chi connectivity index (χ0) is 25.3. The number of amides is 1. The van der Waals surface area contributed by atoms with Crippen LogP contribution >= 0.6 is 0 Å². The van der Waals surface area contributed by atoms with Crippen molar-refractivity contribution in [2.75, 3.05) is 12.0 Å². The fourth-order valence-corrected chi connectivity index (χ4v) is 4.42. The summed E-state index contributed by atoms with van der Waals surface area (Å²) in [5.74, 6) is -0.365. The van der Waals surface area contributed by atoms with E-state index < -0.39 is 17.7 Å². The summed E-state index contributed by atoms with van der Waals surface area (Å²) in [4.78, 5) is 28.2. The van der Waals surface area contributed by atoms with Crippen molar-refractivity contribution in [2.45, 2.75) is 45.6 Å². The standard InChI is InChI=1S/C30H31NO4/c1-18(2)20-9-11-22(12-10-20)27-26(28(32)23-7-6-8-25(17-23)35-5)29(33)30(34)31(27)24-15-13-21(14-16-24)19(3)4/h6-19,27,32H,1-5H3/b28-26-. The van der Waals surface area contributed by atoms with Crippen LogP contribution in [0.5, 0.6) is 5.75 Å². The number of carbonyl (C=O) groups is 2. The summed E-state index contributed by atoms with van der Waals surface area (Å²) in [6.07, 6.45) is 0. The van der Waals surface area contributed by atoms with Crippen molar-refractivity contribution in [3.05, 3.63) is 101 Å². The lowest BCUT2D eigenvalue weighted by Gasteiger charge is -2.26. The van der Waals surface area contributed by atoms with Gasteiger partial charge >= 0.3 is 0 Å². The second kappa shape index (κ2) is 9.79. The van der Waals surface area contributed by atoms with Gasteiger partial charge < -0.3 is 9.84 Å². The number of rotatable bonds is 6. The van der Waals surface area contributed by atoms with Gasteiger partial charge in [-0.2, -0.15) is 0 Å². The molecule has 4 rings (SSSR count). The van der Waals surface area contributed by atoms with Crippen molar-refractivity contribution in [3.63, 3.8) is 0 Å². The summed E-state index contributed by atoms with van der Waals surface area (Å²) < 4.78 is 5.29. The topological polar surface area (TPSA) is 66.8 Å². The van der Waals surface area contributed by atoms with Gasteiger partial charge in [0.1, 0.15) is 11.5 Å². The highest BCUT2D eigenvalue weighted by Crippen LogP contribution is 2.42. The Labute approximate surface area is 206 Å². The molecule has 0 bridgehead atoms. The van der Waals surface area contributed by atoms with Crippen molar-refractivity contribution in [2.24, 2.45) is 0 Å². The minimum absolute atomic E-state index is 0.0634. The van der Waals surface area contributed by atoms with Crippen LogP contribution in [0.25, 0.3) is 5.76 Å². The van der Waals surface area contributed by atoms with Gasteiger partial charge in [-0.3, -0.25) is 14.5 Å². The second-order valence-corrected chi connectivity index (χ2v) is 9.47. The van der Waals surface area contributed by atoms with Crippen LogP contribution in [0.3, 0.4) is 0 Å². The summed E-state index contributed by atoms with van der Waals surface area (Å²) in [6.45, 7) is 8.43. The molecule has 0 radical (unpaired) electrons. The maximum atomic E-state index is 13.4. The fraction of sp³-hybridized carbons (Fsp3) is 0.267. The lowest BCUT2D eigenvalue weighted by molar-refractivity contribution is -0.132. The molecule has 1 N–H and O–H groups in total. The van der Waals surface area contributed by atoms with Gasteiger partial charge in [-0.1, -0.05) is 76.2 Å². The van der Waals surface area contributed by atoms with E-state index in [4.69, 9.17) is 4.74 Å². The third kappa shape index (κ3) is 4.59. The highest BCUT2D eigenvalue weighted by atomic mass is 16.5. The largest absolute Gasteiger partial charge is 0.507 e. The van der Waals surface area contributed by atoms with Gasteiger partial charge in [-0.25, -0.2) is 0 Å².